The zero-order chi connectivity index (χ0) is 17.8. The molecule has 3 heterocycles. The van der Waals surface area contributed by atoms with Crippen LogP contribution in [0.25, 0.3) is 0 Å². The van der Waals surface area contributed by atoms with Crippen LogP contribution < -0.4 is 9.80 Å². The van der Waals surface area contributed by atoms with Crippen LogP contribution in [0, 0.1) is 11.3 Å². The van der Waals surface area contributed by atoms with Crippen LogP contribution in [0.4, 0.5) is 17.2 Å². The summed E-state index contributed by atoms with van der Waals surface area (Å²) >= 11 is 0. The molecule has 0 saturated heterocycles. The fourth-order valence-corrected chi connectivity index (χ4v) is 5.22. The van der Waals surface area contributed by atoms with Crippen LogP contribution in [0.3, 0.4) is 0 Å². The number of hydrogen-bond donors (Lipinski definition) is 0. The Balaban J connectivity index is 2.03. The van der Waals surface area contributed by atoms with Gasteiger partial charge >= 0.3 is 0 Å². The first-order valence-electron chi connectivity index (χ1n) is 9.45. The number of nitrogens with zero attached hydrogens (tertiary/aromatic N) is 4. The van der Waals surface area contributed by atoms with Gasteiger partial charge in [0.2, 0.25) is 0 Å². The molecular weight excluding hydrogens is 308 g/mol. The van der Waals surface area contributed by atoms with Crippen LogP contribution in [0.15, 0.2) is 36.8 Å². The molecule has 4 heteroatoms. The van der Waals surface area contributed by atoms with Crippen molar-refractivity contribution in [2.24, 2.45) is 11.3 Å². The van der Waals surface area contributed by atoms with Crippen molar-refractivity contribution in [2.45, 2.75) is 52.6 Å². The van der Waals surface area contributed by atoms with Crippen LogP contribution in [0.5, 0.6) is 0 Å². The maximum atomic E-state index is 4.68. The van der Waals surface area contributed by atoms with E-state index in [1.165, 1.54) is 11.3 Å². The third kappa shape index (κ3) is 2.06. The lowest BCUT2D eigenvalue weighted by atomic mass is 9.66. The standard InChI is InChI=1S/C21H28N4/c1-6-15-14(3)21(4,7-2)20-24(5)18-12-22-13-23-19(18)25(20)17-11-9-8-10-16(15)17/h8-15,20H,6-7H2,1-5H3. The maximum absolute atomic E-state index is 4.68. The van der Waals surface area contributed by atoms with Gasteiger partial charge in [-0.05, 0) is 36.3 Å². The summed E-state index contributed by atoms with van der Waals surface area (Å²) in [6.45, 7) is 9.56. The Morgan fingerprint density at radius 1 is 1.16 bits per heavy atom. The summed E-state index contributed by atoms with van der Waals surface area (Å²) in [5.41, 5.74) is 4.05. The molecule has 0 spiro atoms. The zero-order valence-corrected chi connectivity index (χ0v) is 15.9. The summed E-state index contributed by atoms with van der Waals surface area (Å²) in [5.74, 6) is 2.17. The molecule has 2 aliphatic rings. The lowest BCUT2D eigenvalue weighted by Gasteiger charge is -2.46. The average Bonchev–Trinajstić information content (AvgIpc) is 2.91. The topological polar surface area (TPSA) is 32.3 Å². The molecule has 0 aliphatic carbocycles. The third-order valence-corrected chi connectivity index (χ3v) is 6.92. The number of rotatable bonds is 2. The first-order chi connectivity index (χ1) is 12.0. The lowest BCUT2D eigenvalue weighted by molar-refractivity contribution is 0.129. The van der Waals surface area contributed by atoms with Crippen LogP contribution in [-0.2, 0) is 0 Å². The van der Waals surface area contributed by atoms with Crippen LogP contribution >= 0.6 is 0 Å². The van der Waals surface area contributed by atoms with E-state index >= 15 is 0 Å². The van der Waals surface area contributed by atoms with Gasteiger partial charge in [0.15, 0.2) is 5.82 Å². The molecule has 132 valence electrons. The third-order valence-electron chi connectivity index (χ3n) is 6.92. The molecule has 2 aromatic rings. The van der Waals surface area contributed by atoms with E-state index < -0.39 is 0 Å². The highest BCUT2D eigenvalue weighted by Gasteiger charge is 2.53. The van der Waals surface area contributed by atoms with Crippen molar-refractivity contribution >= 4 is 17.2 Å². The monoisotopic (exact) mass is 336 g/mol. The molecule has 2 aliphatic heterocycles. The number of aromatic nitrogens is 2. The largest absolute Gasteiger partial charge is 0.349 e. The van der Waals surface area contributed by atoms with Crippen molar-refractivity contribution < 1.29 is 0 Å². The second-order valence-corrected chi connectivity index (χ2v) is 7.81. The van der Waals surface area contributed by atoms with Crippen LogP contribution in [0.2, 0.25) is 0 Å². The van der Waals surface area contributed by atoms with Crippen molar-refractivity contribution in [1.29, 1.82) is 0 Å². The van der Waals surface area contributed by atoms with Gasteiger partial charge in [0.05, 0.1) is 6.20 Å². The van der Waals surface area contributed by atoms with E-state index in [0.29, 0.717) is 11.8 Å². The summed E-state index contributed by atoms with van der Waals surface area (Å²) in [6.07, 6.45) is 6.18. The molecule has 0 bridgehead atoms. The van der Waals surface area contributed by atoms with Gasteiger partial charge in [0, 0.05) is 18.2 Å². The minimum Gasteiger partial charge on any atom is -0.349 e. The van der Waals surface area contributed by atoms with Crippen molar-refractivity contribution in [1.82, 2.24) is 9.97 Å². The van der Waals surface area contributed by atoms with E-state index in [2.05, 4.69) is 78.8 Å². The summed E-state index contributed by atoms with van der Waals surface area (Å²) in [6, 6.07) is 8.92. The second kappa shape index (κ2) is 5.72. The van der Waals surface area contributed by atoms with E-state index in [-0.39, 0.29) is 11.6 Å². The number of para-hydroxylation sites is 1. The Bertz CT molecular complexity index is 789. The highest BCUT2D eigenvalue weighted by molar-refractivity contribution is 5.82. The second-order valence-electron chi connectivity index (χ2n) is 7.81. The minimum absolute atomic E-state index is 0.148. The Morgan fingerprint density at radius 2 is 1.92 bits per heavy atom. The highest BCUT2D eigenvalue weighted by atomic mass is 15.4. The molecule has 4 nitrogen and oxygen atoms in total. The fraction of sp³-hybridized carbons (Fsp3) is 0.524. The fourth-order valence-electron chi connectivity index (χ4n) is 5.22. The Hall–Kier alpha value is -2.10. The molecule has 0 fully saturated rings. The molecule has 1 aromatic carbocycles. The van der Waals surface area contributed by atoms with E-state index in [1.54, 1.807) is 6.33 Å². The first kappa shape index (κ1) is 16.4. The van der Waals surface area contributed by atoms with E-state index in [1.807, 2.05) is 6.20 Å². The van der Waals surface area contributed by atoms with Gasteiger partial charge in [-0.3, -0.25) is 0 Å². The summed E-state index contributed by atoms with van der Waals surface area (Å²) < 4.78 is 0. The van der Waals surface area contributed by atoms with Crippen LogP contribution in [-0.4, -0.2) is 23.2 Å². The van der Waals surface area contributed by atoms with Gasteiger partial charge in [0.1, 0.15) is 18.2 Å². The van der Waals surface area contributed by atoms with Gasteiger partial charge in [0.25, 0.3) is 0 Å². The predicted octanol–water partition coefficient (Wildman–Crippen LogP) is 4.95. The Morgan fingerprint density at radius 3 is 2.64 bits per heavy atom. The lowest BCUT2D eigenvalue weighted by Crippen LogP contribution is -2.52. The van der Waals surface area contributed by atoms with E-state index in [0.717, 1.165) is 24.3 Å². The summed E-state index contributed by atoms with van der Waals surface area (Å²) in [7, 11) is 2.20. The van der Waals surface area contributed by atoms with E-state index in [9.17, 15) is 0 Å². The number of anilines is 3. The molecular formula is C21H28N4. The van der Waals surface area contributed by atoms with Gasteiger partial charge in [-0.15, -0.1) is 0 Å². The van der Waals surface area contributed by atoms with Gasteiger partial charge in [-0.2, -0.15) is 0 Å². The maximum Gasteiger partial charge on any atom is 0.161 e. The van der Waals surface area contributed by atoms with Crippen LogP contribution in [0.1, 0.15) is 52.0 Å². The Kier molecular flexibility index (Phi) is 3.75. The summed E-state index contributed by atoms with van der Waals surface area (Å²) in [5, 5.41) is 0. The average molecular weight is 336 g/mol. The minimum atomic E-state index is 0.148. The first-order valence-corrected chi connectivity index (χ1v) is 9.45. The SMILES string of the molecule is CCC1c2ccccc2N2c3ncncc3N(C)C2C(C)(CC)C1C. The predicted molar refractivity (Wildman–Crippen MR) is 103 cm³/mol. The molecule has 25 heavy (non-hydrogen) atoms. The highest BCUT2D eigenvalue weighted by Crippen LogP contribution is 2.57. The van der Waals surface area contributed by atoms with Crippen molar-refractivity contribution in [2.75, 3.05) is 16.8 Å². The van der Waals surface area contributed by atoms with Gasteiger partial charge < -0.3 is 9.80 Å². The molecule has 0 saturated carbocycles. The normalized spacial score (nSPS) is 30.5. The Labute approximate surface area is 150 Å². The van der Waals surface area contributed by atoms with Crippen molar-refractivity contribution in [3.63, 3.8) is 0 Å². The van der Waals surface area contributed by atoms with Crippen molar-refractivity contribution in [3.8, 4) is 0 Å². The summed E-state index contributed by atoms with van der Waals surface area (Å²) in [4.78, 5) is 13.8. The number of fused-ring (bicyclic) bond motifs is 5. The smallest absolute Gasteiger partial charge is 0.161 e. The van der Waals surface area contributed by atoms with Gasteiger partial charge in [-0.1, -0.05) is 45.9 Å². The molecule has 4 atom stereocenters. The molecule has 4 rings (SSSR count). The number of hydrogen-bond acceptors (Lipinski definition) is 4. The number of benzene rings is 1. The van der Waals surface area contributed by atoms with E-state index in [4.69, 9.17) is 0 Å². The van der Waals surface area contributed by atoms with Crippen molar-refractivity contribution in [3.05, 3.63) is 42.4 Å². The quantitative estimate of drug-likeness (QED) is 0.776. The molecule has 0 amide bonds. The zero-order valence-electron chi connectivity index (χ0n) is 15.9. The molecule has 4 unspecified atom stereocenters. The van der Waals surface area contributed by atoms with Gasteiger partial charge in [-0.25, -0.2) is 9.97 Å². The molecule has 1 aromatic heterocycles. The molecule has 0 N–H and O–H groups in total. The molecule has 0 radical (unpaired) electrons.